The van der Waals surface area contributed by atoms with Gasteiger partial charge in [-0.05, 0) is 24.6 Å². The Kier molecular flexibility index (Phi) is 4.58. The van der Waals surface area contributed by atoms with Crippen LogP contribution in [0.5, 0.6) is 0 Å². The Labute approximate surface area is 120 Å². The number of hydrogen-bond donors (Lipinski definition) is 0. The Morgan fingerprint density at radius 2 is 1.65 bits per heavy atom. The van der Waals surface area contributed by atoms with E-state index in [1.54, 1.807) is 6.07 Å². The number of halogens is 2. The molecule has 0 aliphatic carbocycles. The van der Waals surface area contributed by atoms with E-state index in [9.17, 15) is 8.78 Å². The minimum atomic E-state index is -2.85. The second-order valence-electron chi connectivity index (χ2n) is 5.27. The standard InChI is InChI=1S/C16H22F2N2/c1-11(2)12(3)20(7)14-9-8-13(16(4,17)18)10-15(14)19(5)6/h8-10H,1,3H2,2,4-7H3. The van der Waals surface area contributed by atoms with E-state index >= 15 is 0 Å². The molecule has 0 spiro atoms. The van der Waals surface area contributed by atoms with Crippen molar-refractivity contribution in [3.05, 3.63) is 48.2 Å². The largest absolute Gasteiger partial charge is 0.376 e. The summed E-state index contributed by atoms with van der Waals surface area (Å²) in [6.07, 6.45) is 0. The zero-order valence-corrected chi connectivity index (χ0v) is 12.8. The second-order valence-corrected chi connectivity index (χ2v) is 5.27. The summed E-state index contributed by atoms with van der Waals surface area (Å²) in [6.45, 7) is 10.6. The second kappa shape index (κ2) is 5.65. The molecule has 1 rings (SSSR count). The summed E-state index contributed by atoms with van der Waals surface area (Å²) >= 11 is 0. The van der Waals surface area contributed by atoms with E-state index in [-0.39, 0.29) is 5.56 Å². The van der Waals surface area contributed by atoms with Crippen molar-refractivity contribution in [1.82, 2.24) is 0 Å². The van der Waals surface area contributed by atoms with Gasteiger partial charge < -0.3 is 9.80 Å². The van der Waals surface area contributed by atoms with Crippen LogP contribution in [0.25, 0.3) is 0 Å². The topological polar surface area (TPSA) is 6.48 Å². The predicted molar refractivity (Wildman–Crippen MR) is 82.7 cm³/mol. The highest BCUT2D eigenvalue weighted by Crippen LogP contribution is 2.36. The molecule has 110 valence electrons. The average Bonchev–Trinajstić information content (AvgIpc) is 2.34. The van der Waals surface area contributed by atoms with Gasteiger partial charge in [0, 0.05) is 39.3 Å². The van der Waals surface area contributed by atoms with Crippen LogP contribution in [0.3, 0.4) is 0 Å². The quantitative estimate of drug-likeness (QED) is 0.738. The summed E-state index contributed by atoms with van der Waals surface area (Å²) in [4.78, 5) is 3.67. The first-order valence-corrected chi connectivity index (χ1v) is 6.34. The number of hydrogen-bond acceptors (Lipinski definition) is 2. The maximum atomic E-state index is 13.5. The Morgan fingerprint density at radius 3 is 2.05 bits per heavy atom. The van der Waals surface area contributed by atoms with E-state index in [1.807, 2.05) is 37.9 Å². The van der Waals surface area contributed by atoms with Crippen LogP contribution in [-0.2, 0) is 5.92 Å². The van der Waals surface area contributed by atoms with Crippen LogP contribution in [0.1, 0.15) is 19.4 Å². The molecule has 0 atom stereocenters. The fraction of sp³-hybridized carbons (Fsp3) is 0.375. The van der Waals surface area contributed by atoms with Crippen molar-refractivity contribution in [3.63, 3.8) is 0 Å². The van der Waals surface area contributed by atoms with Gasteiger partial charge in [-0.2, -0.15) is 0 Å². The normalized spacial score (nSPS) is 11.2. The molecule has 0 saturated carbocycles. The molecule has 1 aromatic rings. The molecule has 20 heavy (non-hydrogen) atoms. The molecule has 0 aliphatic rings. The number of anilines is 2. The first kappa shape index (κ1) is 16.2. The van der Waals surface area contributed by atoms with E-state index in [2.05, 4.69) is 13.2 Å². The number of nitrogens with zero attached hydrogens (tertiary/aromatic N) is 2. The first-order chi connectivity index (χ1) is 9.05. The molecule has 0 saturated heterocycles. The molecule has 4 heteroatoms. The number of rotatable bonds is 5. The smallest absolute Gasteiger partial charge is 0.270 e. The lowest BCUT2D eigenvalue weighted by Gasteiger charge is -2.28. The van der Waals surface area contributed by atoms with Crippen molar-refractivity contribution >= 4 is 11.4 Å². The molecule has 0 aromatic heterocycles. The molecule has 0 radical (unpaired) electrons. The van der Waals surface area contributed by atoms with E-state index < -0.39 is 5.92 Å². The van der Waals surface area contributed by atoms with E-state index in [4.69, 9.17) is 0 Å². The van der Waals surface area contributed by atoms with Crippen LogP contribution in [0.4, 0.5) is 20.2 Å². The van der Waals surface area contributed by atoms with Gasteiger partial charge in [-0.25, -0.2) is 8.78 Å². The number of allylic oxidation sites excluding steroid dienone is 1. The maximum Gasteiger partial charge on any atom is 0.270 e. The highest BCUT2D eigenvalue weighted by molar-refractivity contribution is 5.74. The van der Waals surface area contributed by atoms with Crippen LogP contribution >= 0.6 is 0 Å². The summed E-state index contributed by atoms with van der Waals surface area (Å²) in [5.41, 5.74) is 3.12. The summed E-state index contributed by atoms with van der Waals surface area (Å²) in [7, 11) is 5.50. The van der Waals surface area contributed by atoms with Gasteiger partial charge in [0.25, 0.3) is 5.92 Å². The lowest BCUT2D eigenvalue weighted by atomic mass is 10.1. The number of likely N-dealkylation sites (N-methyl/N-ethyl adjacent to an activating group) is 1. The Hall–Kier alpha value is -1.84. The van der Waals surface area contributed by atoms with Gasteiger partial charge >= 0.3 is 0 Å². The Balaban J connectivity index is 3.34. The first-order valence-electron chi connectivity index (χ1n) is 6.34. The van der Waals surface area contributed by atoms with Crippen LogP contribution in [0, 0.1) is 0 Å². The minimum Gasteiger partial charge on any atom is -0.376 e. The molecular formula is C16H22F2N2. The van der Waals surface area contributed by atoms with Gasteiger partial charge in [0.15, 0.2) is 0 Å². The van der Waals surface area contributed by atoms with Crippen molar-refractivity contribution in [1.29, 1.82) is 0 Å². The Morgan fingerprint density at radius 1 is 1.10 bits per heavy atom. The van der Waals surface area contributed by atoms with Crippen LogP contribution in [0.15, 0.2) is 42.6 Å². The van der Waals surface area contributed by atoms with Gasteiger partial charge in [0.1, 0.15) is 0 Å². The zero-order valence-electron chi connectivity index (χ0n) is 12.8. The third-order valence-electron chi connectivity index (χ3n) is 3.22. The SMILES string of the molecule is C=C(C)C(=C)N(C)c1ccc(C(C)(F)F)cc1N(C)C. The zero-order chi connectivity index (χ0) is 15.7. The number of benzene rings is 1. The number of alkyl halides is 2. The van der Waals surface area contributed by atoms with Crippen LogP contribution < -0.4 is 9.80 Å². The molecule has 0 heterocycles. The molecule has 0 amide bonds. The Bertz CT molecular complexity index is 528. The molecule has 1 aromatic carbocycles. The van der Waals surface area contributed by atoms with Gasteiger partial charge in [-0.1, -0.05) is 19.2 Å². The lowest BCUT2D eigenvalue weighted by molar-refractivity contribution is 0.0175. The van der Waals surface area contributed by atoms with Gasteiger partial charge in [0.05, 0.1) is 11.4 Å². The average molecular weight is 280 g/mol. The van der Waals surface area contributed by atoms with Crippen LogP contribution in [0.2, 0.25) is 0 Å². The van der Waals surface area contributed by atoms with Gasteiger partial charge in [-0.15, -0.1) is 0 Å². The van der Waals surface area contributed by atoms with Crippen molar-refractivity contribution in [2.24, 2.45) is 0 Å². The lowest BCUT2D eigenvalue weighted by Crippen LogP contribution is -2.21. The summed E-state index contributed by atoms with van der Waals surface area (Å²) in [6, 6.07) is 4.65. The van der Waals surface area contributed by atoms with Gasteiger partial charge in [0.2, 0.25) is 0 Å². The maximum absolute atomic E-state index is 13.5. The van der Waals surface area contributed by atoms with Crippen molar-refractivity contribution < 1.29 is 8.78 Å². The molecular weight excluding hydrogens is 258 g/mol. The van der Waals surface area contributed by atoms with Crippen LogP contribution in [-0.4, -0.2) is 21.1 Å². The van der Waals surface area contributed by atoms with E-state index in [1.165, 1.54) is 12.1 Å². The third-order valence-corrected chi connectivity index (χ3v) is 3.22. The fourth-order valence-electron chi connectivity index (χ4n) is 1.87. The van der Waals surface area contributed by atoms with Gasteiger partial charge in [-0.3, -0.25) is 0 Å². The monoisotopic (exact) mass is 280 g/mol. The summed E-state index contributed by atoms with van der Waals surface area (Å²) in [5, 5.41) is 0. The van der Waals surface area contributed by atoms with Crippen molar-refractivity contribution in [3.8, 4) is 0 Å². The summed E-state index contributed by atoms with van der Waals surface area (Å²) in [5.74, 6) is -2.85. The highest BCUT2D eigenvalue weighted by atomic mass is 19.3. The van der Waals surface area contributed by atoms with E-state index in [0.29, 0.717) is 5.69 Å². The highest BCUT2D eigenvalue weighted by Gasteiger charge is 2.26. The molecule has 0 aliphatic heterocycles. The van der Waals surface area contributed by atoms with Crippen molar-refractivity contribution in [2.75, 3.05) is 30.9 Å². The molecule has 0 unspecified atom stereocenters. The minimum absolute atomic E-state index is 0.000660. The fourth-order valence-corrected chi connectivity index (χ4v) is 1.87. The molecule has 0 bridgehead atoms. The van der Waals surface area contributed by atoms with E-state index in [0.717, 1.165) is 23.9 Å². The molecule has 0 fully saturated rings. The third kappa shape index (κ3) is 3.38. The molecule has 0 N–H and O–H groups in total. The molecule has 2 nitrogen and oxygen atoms in total. The van der Waals surface area contributed by atoms with Crippen molar-refractivity contribution in [2.45, 2.75) is 19.8 Å². The predicted octanol–water partition coefficient (Wildman–Crippen LogP) is 4.39. The summed E-state index contributed by atoms with van der Waals surface area (Å²) < 4.78 is 26.9.